The number of halogens is 6. The molecule has 103 valence electrons. The molecule has 0 bridgehead atoms. The third kappa shape index (κ3) is 3.15. The van der Waals surface area contributed by atoms with Crippen molar-refractivity contribution in [3.63, 3.8) is 0 Å². The summed E-state index contributed by atoms with van der Waals surface area (Å²) in [6.07, 6.45) is -9.67. The van der Waals surface area contributed by atoms with E-state index < -0.39 is 23.5 Å². The second-order valence-corrected chi connectivity index (χ2v) is 3.93. The zero-order valence-corrected chi connectivity index (χ0v) is 9.35. The fraction of sp³-hybridized carbons (Fsp3) is 0.400. The van der Waals surface area contributed by atoms with Gasteiger partial charge in [-0.25, -0.2) is 0 Å². The highest BCUT2D eigenvalue weighted by Gasteiger charge is 2.37. The number of nitrogens with zero attached hydrogens (tertiary/aromatic N) is 1. The van der Waals surface area contributed by atoms with Crippen LogP contribution in [0.4, 0.5) is 32.0 Å². The minimum atomic E-state index is -4.84. The third-order valence-corrected chi connectivity index (χ3v) is 2.56. The Labute approximate surface area is 105 Å². The molecule has 1 aliphatic rings. The van der Waals surface area contributed by atoms with Crippen LogP contribution in [0.1, 0.15) is 11.1 Å². The normalized spacial score (nSPS) is 16.6. The molecule has 0 spiro atoms. The SMILES string of the molecule is FC(F)(F)c1cc(N2[B]OCC2)cc(C(F)(F)F)c1. The van der Waals surface area contributed by atoms with Crippen LogP contribution < -0.4 is 4.81 Å². The minimum Gasteiger partial charge on any atom is -0.417 e. The van der Waals surface area contributed by atoms with Crippen molar-refractivity contribution in [2.24, 2.45) is 0 Å². The topological polar surface area (TPSA) is 12.5 Å². The summed E-state index contributed by atoms with van der Waals surface area (Å²) in [4.78, 5) is 1.20. The van der Waals surface area contributed by atoms with Crippen LogP contribution in [0.5, 0.6) is 0 Å². The van der Waals surface area contributed by atoms with Gasteiger partial charge >= 0.3 is 20.0 Å². The molecular formula is C10H7BF6NO. The molecule has 0 unspecified atom stereocenters. The van der Waals surface area contributed by atoms with Gasteiger partial charge < -0.3 is 9.47 Å². The predicted molar refractivity (Wildman–Crippen MR) is 55.5 cm³/mol. The van der Waals surface area contributed by atoms with E-state index in [9.17, 15) is 26.3 Å². The number of alkyl halides is 6. The van der Waals surface area contributed by atoms with Gasteiger partial charge in [-0.1, -0.05) is 0 Å². The number of hydrogen-bond acceptors (Lipinski definition) is 2. The summed E-state index contributed by atoms with van der Waals surface area (Å²) in [6.45, 7) is 0.427. The van der Waals surface area contributed by atoms with Crippen LogP contribution in [-0.2, 0) is 17.0 Å². The third-order valence-electron chi connectivity index (χ3n) is 2.56. The molecule has 1 fully saturated rings. The Balaban J connectivity index is 2.48. The first-order valence-corrected chi connectivity index (χ1v) is 5.19. The van der Waals surface area contributed by atoms with Gasteiger partial charge in [-0.15, -0.1) is 0 Å². The van der Waals surface area contributed by atoms with Crippen LogP contribution in [0, 0.1) is 0 Å². The maximum atomic E-state index is 12.6. The quantitative estimate of drug-likeness (QED) is 0.579. The molecule has 0 aliphatic carbocycles. The standard InChI is InChI=1S/C10H7BF6NO/c12-9(13,14)6-3-7(10(15,16)17)5-8(4-6)18-1-2-19-11-18/h3-5H,1-2H2. The van der Waals surface area contributed by atoms with E-state index in [1.807, 2.05) is 0 Å². The zero-order valence-electron chi connectivity index (χ0n) is 9.35. The van der Waals surface area contributed by atoms with Crippen LogP contribution in [0.3, 0.4) is 0 Å². The maximum Gasteiger partial charge on any atom is 0.439 e. The number of benzene rings is 1. The van der Waals surface area contributed by atoms with Gasteiger partial charge in [0.1, 0.15) is 0 Å². The van der Waals surface area contributed by atoms with E-state index in [1.165, 1.54) is 4.81 Å². The summed E-state index contributed by atoms with van der Waals surface area (Å²) in [6, 6.07) is 1.43. The maximum absolute atomic E-state index is 12.6. The summed E-state index contributed by atoms with van der Waals surface area (Å²) in [5, 5.41) is 0. The first-order valence-electron chi connectivity index (χ1n) is 5.19. The largest absolute Gasteiger partial charge is 0.439 e. The first-order chi connectivity index (χ1) is 8.68. The van der Waals surface area contributed by atoms with E-state index in [4.69, 9.17) is 4.65 Å². The Kier molecular flexibility index (Phi) is 3.42. The predicted octanol–water partition coefficient (Wildman–Crippen LogP) is 3.10. The molecule has 1 radical (unpaired) electrons. The van der Waals surface area contributed by atoms with Crippen molar-refractivity contribution in [3.8, 4) is 0 Å². The molecule has 19 heavy (non-hydrogen) atoms. The first kappa shape index (κ1) is 14.0. The fourth-order valence-electron chi connectivity index (χ4n) is 1.64. The van der Waals surface area contributed by atoms with Crippen molar-refractivity contribution in [1.82, 2.24) is 0 Å². The number of rotatable bonds is 1. The van der Waals surface area contributed by atoms with Gasteiger partial charge in [0.25, 0.3) is 0 Å². The van der Waals surface area contributed by atoms with Crippen LogP contribution >= 0.6 is 0 Å². The van der Waals surface area contributed by atoms with Gasteiger partial charge in [0.2, 0.25) is 0 Å². The monoisotopic (exact) mass is 282 g/mol. The average molecular weight is 282 g/mol. The molecule has 0 atom stereocenters. The van der Waals surface area contributed by atoms with E-state index in [0.29, 0.717) is 12.1 Å². The van der Waals surface area contributed by atoms with E-state index in [0.717, 1.165) is 7.62 Å². The Morgan fingerprint density at radius 2 is 1.47 bits per heavy atom. The highest BCUT2D eigenvalue weighted by atomic mass is 19.4. The molecule has 0 amide bonds. The van der Waals surface area contributed by atoms with Gasteiger partial charge in [0.05, 0.1) is 11.1 Å². The van der Waals surface area contributed by atoms with E-state index in [2.05, 4.69) is 0 Å². The summed E-state index contributed by atoms with van der Waals surface area (Å²) in [5.74, 6) is 0. The molecule has 1 aliphatic heterocycles. The van der Waals surface area contributed by atoms with Gasteiger partial charge in [-0.05, 0) is 18.2 Å². The molecule has 1 heterocycles. The Morgan fingerprint density at radius 1 is 0.947 bits per heavy atom. The van der Waals surface area contributed by atoms with Crippen molar-refractivity contribution < 1.29 is 31.0 Å². The van der Waals surface area contributed by atoms with Crippen molar-refractivity contribution in [2.45, 2.75) is 12.4 Å². The number of anilines is 1. The Hall–Kier alpha value is -1.38. The lowest BCUT2D eigenvalue weighted by Crippen LogP contribution is -2.23. The molecule has 1 aromatic carbocycles. The lowest BCUT2D eigenvalue weighted by Gasteiger charge is -2.19. The molecular weight excluding hydrogens is 275 g/mol. The highest BCUT2D eigenvalue weighted by molar-refractivity contribution is 6.35. The average Bonchev–Trinajstić information content (AvgIpc) is 2.79. The van der Waals surface area contributed by atoms with Crippen LogP contribution in [0.2, 0.25) is 0 Å². The van der Waals surface area contributed by atoms with E-state index >= 15 is 0 Å². The van der Waals surface area contributed by atoms with Crippen LogP contribution in [-0.4, -0.2) is 20.8 Å². The molecule has 1 saturated heterocycles. The molecule has 1 aromatic rings. The van der Waals surface area contributed by atoms with E-state index in [-0.39, 0.29) is 24.9 Å². The smallest absolute Gasteiger partial charge is 0.417 e. The zero-order chi connectivity index (χ0) is 14.3. The van der Waals surface area contributed by atoms with Crippen LogP contribution in [0.15, 0.2) is 18.2 Å². The summed E-state index contributed by atoms with van der Waals surface area (Å²) >= 11 is 0. The second-order valence-electron chi connectivity index (χ2n) is 3.93. The summed E-state index contributed by atoms with van der Waals surface area (Å²) in [5.41, 5.74) is -2.87. The highest BCUT2D eigenvalue weighted by Crippen LogP contribution is 2.38. The Morgan fingerprint density at radius 3 is 1.84 bits per heavy atom. The summed E-state index contributed by atoms with van der Waals surface area (Å²) in [7, 11) is 1.11. The van der Waals surface area contributed by atoms with Crippen molar-refractivity contribution in [2.75, 3.05) is 18.0 Å². The van der Waals surface area contributed by atoms with Crippen molar-refractivity contribution >= 4 is 13.3 Å². The van der Waals surface area contributed by atoms with Crippen molar-refractivity contribution in [1.29, 1.82) is 0 Å². The Bertz CT molecular complexity index is 434. The second kappa shape index (κ2) is 4.62. The molecule has 0 N–H and O–H groups in total. The molecule has 9 heteroatoms. The van der Waals surface area contributed by atoms with Gasteiger partial charge in [0.15, 0.2) is 0 Å². The summed E-state index contributed by atoms with van der Waals surface area (Å²) < 4.78 is 80.4. The fourth-order valence-corrected chi connectivity index (χ4v) is 1.64. The lowest BCUT2D eigenvalue weighted by atomic mass is 10.1. The molecule has 2 nitrogen and oxygen atoms in total. The van der Waals surface area contributed by atoms with Crippen LogP contribution in [0.25, 0.3) is 0 Å². The molecule has 0 aromatic heterocycles. The minimum absolute atomic E-state index is 0.0976. The lowest BCUT2D eigenvalue weighted by molar-refractivity contribution is -0.143. The van der Waals surface area contributed by atoms with Gasteiger partial charge in [0, 0.05) is 18.8 Å². The van der Waals surface area contributed by atoms with Crippen molar-refractivity contribution in [3.05, 3.63) is 29.3 Å². The number of hydrogen-bond donors (Lipinski definition) is 0. The van der Waals surface area contributed by atoms with Gasteiger partial charge in [-0.2, -0.15) is 26.3 Å². The molecule has 0 saturated carbocycles. The van der Waals surface area contributed by atoms with E-state index in [1.54, 1.807) is 0 Å². The van der Waals surface area contributed by atoms with Gasteiger partial charge in [-0.3, -0.25) is 0 Å². The molecule has 2 rings (SSSR count).